The molecule has 0 unspecified atom stereocenters. The molecule has 0 aliphatic heterocycles. The number of methoxy groups -OCH3 is 2. The number of ether oxygens (including phenoxy) is 2. The molecule has 3 rings (SSSR count). The molecule has 0 saturated carbocycles. The SMILES string of the molecule is COC(=O)c1c(C(=O)OC)n(S(=O)(=O)c2ccc(Br)cc2)c2cc(Br)c(Br)cc12. The van der Waals surface area contributed by atoms with Gasteiger partial charge in [-0.2, -0.15) is 0 Å². The summed E-state index contributed by atoms with van der Waals surface area (Å²) in [6.07, 6.45) is 0. The Hall–Kier alpha value is -1.69. The van der Waals surface area contributed by atoms with Crippen molar-refractivity contribution in [3.05, 3.63) is 61.1 Å². The summed E-state index contributed by atoms with van der Waals surface area (Å²) in [5.41, 5.74) is -0.533. The highest BCUT2D eigenvalue weighted by Gasteiger charge is 2.35. The zero-order valence-corrected chi connectivity index (χ0v) is 20.5. The quantitative estimate of drug-likeness (QED) is 0.397. The molecule has 11 heteroatoms. The van der Waals surface area contributed by atoms with E-state index in [2.05, 4.69) is 47.8 Å². The number of benzene rings is 2. The van der Waals surface area contributed by atoms with Gasteiger partial charge in [0.1, 0.15) is 5.56 Å². The number of esters is 2. The maximum Gasteiger partial charge on any atom is 0.356 e. The van der Waals surface area contributed by atoms with Crippen molar-refractivity contribution in [1.82, 2.24) is 3.97 Å². The molecule has 0 bridgehead atoms. The highest BCUT2D eigenvalue weighted by molar-refractivity contribution is 9.13. The van der Waals surface area contributed by atoms with E-state index >= 15 is 0 Å². The predicted octanol–water partition coefficient (Wildman–Crippen LogP) is 4.74. The number of carbonyl (C=O) groups is 2. The van der Waals surface area contributed by atoms with Gasteiger partial charge in [-0.25, -0.2) is 22.0 Å². The molecule has 0 saturated heterocycles. The van der Waals surface area contributed by atoms with E-state index in [0.717, 1.165) is 18.2 Å². The molecule has 0 spiro atoms. The molecule has 152 valence electrons. The van der Waals surface area contributed by atoms with E-state index in [1.807, 2.05) is 0 Å². The topological polar surface area (TPSA) is 91.7 Å². The Morgan fingerprint density at radius 3 is 2.00 bits per heavy atom. The second-order valence-corrected chi connectivity index (χ2v) is 10.1. The van der Waals surface area contributed by atoms with Gasteiger partial charge in [0.05, 0.1) is 24.6 Å². The zero-order valence-electron chi connectivity index (χ0n) is 14.9. The number of hydrogen-bond donors (Lipinski definition) is 0. The van der Waals surface area contributed by atoms with Gasteiger partial charge >= 0.3 is 11.9 Å². The molecule has 0 amide bonds. The molecule has 1 heterocycles. The summed E-state index contributed by atoms with van der Waals surface area (Å²) in [6, 6.07) is 8.92. The van der Waals surface area contributed by atoms with Crippen LogP contribution >= 0.6 is 47.8 Å². The third kappa shape index (κ3) is 3.76. The van der Waals surface area contributed by atoms with Crippen LogP contribution in [-0.4, -0.2) is 38.5 Å². The number of halogens is 3. The van der Waals surface area contributed by atoms with Gasteiger partial charge in [0.2, 0.25) is 0 Å². The summed E-state index contributed by atoms with van der Waals surface area (Å²) >= 11 is 9.92. The Labute approximate surface area is 191 Å². The van der Waals surface area contributed by atoms with E-state index in [4.69, 9.17) is 9.47 Å². The van der Waals surface area contributed by atoms with Crippen molar-refractivity contribution in [3.63, 3.8) is 0 Å². The molecular weight excluding hydrogens is 598 g/mol. The lowest BCUT2D eigenvalue weighted by atomic mass is 10.1. The zero-order chi connectivity index (χ0) is 21.5. The molecule has 0 atom stereocenters. The normalized spacial score (nSPS) is 11.5. The average Bonchev–Trinajstić information content (AvgIpc) is 3.02. The van der Waals surface area contributed by atoms with Crippen LogP contribution in [0.5, 0.6) is 0 Å². The number of hydrogen-bond acceptors (Lipinski definition) is 6. The fourth-order valence-electron chi connectivity index (χ4n) is 2.81. The van der Waals surface area contributed by atoms with Crippen LogP contribution in [0.1, 0.15) is 20.8 Å². The summed E-state index contributed by atoms with van der Waals surface area (Å²) in [5, 5.41) is 0.216. The maximum atomic E-state index is 13.5. The van der Waals surface area contributed by atoms with Gasteiger partial charge in [-0.05, 0) is 68.3 Å². The first-order chi connectivity index (χ1) is 13.6. The predicted molar refractivity (Wildman–Crippen MR) is 117 cm³/mol. The molecule has 0 fully saturated rings. The lowest BCUT2D eigenvalue weighted by Gasteiger charge is -2.12. The van der Waals surface area contributed by atoms with E-state index in [1.165, 1.54) is 24.3 Å². The molecule has 0 radical (unpaired) electrons. The fourth-order valence-corrected chi connectivity index (χ4v) is 5.25. The first kappa shape index (κ1) is 22.0. The van der Waals surface area contributed by atoms with Gasteiger partial charge < -0.3 is 9.47 Å². The second kappa shape index (κ2) is 8.21. The highest BCUT2D eigenvalue weighted by atomic mass is 79.9. The molecule has 29 heavy (non-hydrogen) atoms. The standard InChI is InChI=1S/C18H12Br3NO6S/c1-27-17(23)15-11-7-12(20)13(21)8-14(11)22(16(15)18(24)28-2)29(25,26)10-5-3-9(19)4-6-10/h3-8H,1-2H3. The first-order valence-corrected chi connectivity index (χ1v) is 11.7. The largest absolute Gasteiger partial charge is 0.465 e. The van der Waals surface area contributed by atoms with Gasteiger partial charge in [-0.15, -0.1) is 0 Å². The van der Waals surface area contributed by atoms with E-state index in [0.29, 0.717) is 13.4 Å². The van der Waals surface area contributed by atoms with Crippen molar-refractivity contribution in [1.29, 1.82) is 0 Å². The third-order valence-corrected chi connectivity index (χ3v) is 8.19. The van der Waals surface area contributed by atoms with Crippen molar-refractivity contribution in [3.8, 4) is 0 Å². The van der Waals surface area contributed by atoms with E-state index in [-0.39, 0.29) is 21.4 Å². The molecule has 0 N–H and O–H groups in total. The van der Waals surface area contributed by atoms with Crippen LogP contribution in [0.2, 0.25) is 0 Å². The van der Waals surface area contributed by atoms with Gasteiger partial charge in [0, 0.05) is 18.8 Å². The van der Waals surface area contributed by atoms with Crippen LogP contribution in [0.3, 0.4) is 0 Å². The van der Waals surface area contributed by atoms with Crippen LogP contribution < -0.4 is 0 Å². The van der Waals surface area contributed by atoms with Gasteiger partial charge in [-0.1, -0.05) is 15.9 Å². The van der Waals surface area contributed by atoms with Crippen molar-refractivity contribution >= 4 is 80.7 Å². The molecule has 7 nitrogen and oxygen atoms in total. The van der Waals surface area contributed by atoms with Crippen LogP contribution in [0.25, 0.3) is 10.9 Å². The van der Waals surface area contributed by atoms with Crippen molar-refractivity contribution in [2.75, 3.05) is 14.2 Å². The number of aromatic nitrogens is 1. The first-order valence-electron chi connectivity index (χ1n) is 7.84. The number of carbonyl (C=O) groups excluding carboxylic acids is 2. The monoisotopic (exact) mass is 607 g/mol. The summed E-state index contributed by atoms with van der Waals surface area (Å²) in [4.78, 5) is 25.0. The van der Waals surface area contributed by atoms with Crippen LogP contribution in [-0.2, 0) is 19.5 Å². The minimum Gasteiger partial charge on any atom is -0.465 e. The van der Waals surface area contributed by atoms with Crippen molar-refractivity contribution < 1.29 is 27.5 Å². The van der Waals surface area contributed by atoms with E-state index < -0.39 is 27.7 Å². The van der Waals surface area contributed by atoms with Gasteiger partial charge in [0.15, 0.2) is 5.69 Å². The maximum absolute atomic E-state index is 13.5. The Kier molecular flexibility index (Phi) is 6.23. The minimum atomic E-state index is -4.27. The summed E-state index contributed by atoms with van der Waals surface area (Å²) < 4.78 is 39.1. The van der Waals surface area contributed by atoms with Crippen molar-refractivity contribution in [2.24, 2.45) is 0 Å². The molecule has 0 aliphatic rings. The summed E-state index contributed by atoms with van der Waals surface area (Å²) in [7, 11) is -2.02. The third-order valence-electron chi connectivity index (χ3n) is 4.09. The van der Waals surface area contributed by atoms with Crippen LogP contribution in [0, 0.1) is 0 Å². The number of fused-ring (bicyclic) bond motifs is 1. The van der Waals surface area contributed by atoms with Crippen molar-refractivity contribution in [2.45, 2.75) is 4.90 Å². The van der Waals surface area contributed by atoms with E-state index in [9.17, 15) is 18.0 Å². The summed E-state index contributed by atoms with van der Waals surface area (Å²) in [6.45, 7) is 0. The fraction of sp³-hybridized carbons (Fsp3) is 0.111. The number of rotatable bonds is 4. The lowest BCUT2D eigenvalue weighted by Crippen LogP contribution is -2.21. The molecular formula is C18H12Br3NO6S. The molecule has 0 aliphatic carbocycles. The molecule has 2 aromatic carbocycles. The smallest absolute Gasteiger partial charge is 0.356 e. The second-order valence-electron chi connectivity index (χ2n) is 5.71. The number of nitrogens with zero attached hydrogens (tertiary/aromatic N) is 1. The Bertz CT molecular complexity index is 1250. The molecule has 1 aromatic heterocycles. The van der Waals surface area contributed by atoms with Crippen LogP contribution in [0.4, 0.5) is 0 Å². The Balaban J connectivity index is 2.54. The Morgan fingerprint density at radius 2 is 1.45 bits per heavy atom. The van der Waals surface area contributed by atoms with Gasteiger partial charge in [0.25, 0.3) is 10.0 Å². The highest BCUT2D eigenvalue weighted by Crippen LogP contribution is 2.36. The van der Waals surface area contributed by atoms with E-state index in [1.54, 1.807) is 12.1 Å². The Morgan fingerprint density at radius 1 is 0.897 bits per heavy atom. The average molecular weight is 610 g/mol. The van der Waals surface area contributed by atoms with Crippen LogP contribution in [0.15, 0.2) is 54.7 Å². The molecule has 3 aromatic rings. The minimum absolute atomic E-state index is 0.0711. The lowest BCUT2D eigenvalue weighted by molar-refractivity contribution is 0.0552. The van der Waals surface area contributed by atoms with Gasteiger partial charge in [-0.3, -0.25) is 0 Å². The summed E-state index contributed by atoms with van der Waals surface area (Å²) in [5.74, 6) is -1.86.